The Bertz CT molecular complexity index is 1720. The van der Waals surface area contributed by atoms with Crippen LogP contribution in [0.3, 0.4) is 0 Å². The minimum atomic E-state index is -4.79. The fraction of sp³-hybridized carbons (Fsp3) is 0.152. The van der Waals surface area contributed by atoms with Crippen LogP contribution in [0.2, 0.25) is 0 Å². The van der Waals surface area contributed by atoms with Crippen molar-refractivity contribution < 1.29 is 31.9 Å². The third kappa shape index (κ3) is 6.98. The number of nitrogens with zero attached hydrogens (tertiary/aromatic N) is 1. The van der Waals surface area contributed by atoms with Crippen molar-refractivity contribution in [3.05, 3.63) is 126 Å². The monoisotopic (exact) mass is 587 g/mol. The Balaban J connectivity index is 1.30. The highest BCUT2D eigenvalue weighted by molar-refractivity contribution is 6.05. The number of furan rings is 1. The zero-order chi connectivity index (χ0) is 30.4. The third-order valence-electron chi connectivity index (χ3n) is 6.83. The van der Waals surface area contributed by atoms with Gasteiger partial charge in [0, 0.05) is 17.5 Å². The highest BCUT2D eigenvalue weighted by Crippen LogP contribution is 2.39. The van der Waals surface area contributed by atoms with E-state index in [9.17, 15) is 22.8 Å². The van der Waals surface area contributed by atoms with Gasteiger partial charge in [-0.3, -0.25) is 9.59 Å². The molecule has 0 saturated heterocycles. The number of nitrogens with two attached hydrogens (primary N) is 1. The Kier molecular flexibility index (Phi) is 8.66. The van der Waals surface area contributed by atoms with Crippen LogP contribution < -0.4 is 15.8 Å². The molecule has 2 amide bonds. The molecular formula is C33H28F3N3O4. The number of anilines is 2. The number of benzene rings is 4. The molecule has 0 aliphatic rings. The quantitative estimate of drug-likeness (QED) is 0.171. The number of rotatable bonds is 10. The van der Waals surface area contributed by atoms with E-state index in [-0.39, 0.29) is 36.6 Å². The molecule has 3 N–H and O–H groups in total. The van der Waals surface area contributed by atoms with Gasteiger partial charge in [-0.2, -0.15) is 13.2 Å². The molecule has 0 fully saturated rings. The van der Waals surface area contributed by atoms with Crippen LogP contribution in [-0.4, -0.2) is 36.4 Å². The predicted molar refractivity (Wildman–Crippen MR) is 158 cm³/mol. The molecule has 0 aliphatic heterocycles. The van der Waals surface area contributed by atoms with Crippen LogP contribution in [0.4, 0.5) is 24.5 Å². The minimum Gasteiger partial charge on any atom is -0.492 e. The van der Waals surface area contributed by atoms with E-state index in [1.807, 2.05) is 30.3 Å². The Morgan fingerprint density at radius 3 is 2.23 bits per heavy atom. The molecule has 0 radical (unpaired) electrons. The van der Waals surface area contributed by atoms with Gasteiger partial charge in [0.2, 0.25) is 5.76 Å². The van der Waals surface area contributed by atoms with E-state index < -0.39 is 23.4 Å². The van der Waals surface area contributed by atoms with Crippen LogP contribution in [0.1, 0.15) is 32.0 Å². The summed E-state index contributed by atoms with van der Waals surface area (Å²) in [5, 5.41) is 2.58. The number of halogens is 3. The summed E-state index contributed by atoms with van der Waals surface area (Å²) >= 11 is 0. The van der Waals surface area contributed by atoms with E-state index in [1.165, 1.54) is 23.1 Å². The second-order valence-corrected chi connectivity index (χ2v) is 9.74. The lowest BCUT2D eigenvalue weighted by Gasteiger charge is -2.23. The average molecular weight is 588 g/mol. The lowest BCUT2D eigenvalue weighted by atomic mass is 10.1. The Morgan fingerprint density at radius 2 is 1.51 bits per heavy atom. The van der Waals surface area contributed by atoms with Crippen molar-refractivity contribution in [3.63, 3.8) is 0 Å². The highest BCUT2D eigenvalue weighted by atomic mass is 19.4. The van der Waals surface area contributed by atoms with Crippen LogP contribution in [0.5, 0.6) is 5.75 Å². The van der Waals surface area contributed by atoms with Crippen LogP contribution in [0.25, 0.3) is 11.0 Å². The van der Waals surface area contributed by atoms with Crippen molar-refractivity contribution in [1.82, 2.24) is 4.90 Å². The van der Waals surface area contributed by atoms with Crippen LogP contribution in [0.15, 0.2) is 108 Å². The van der Waals surface area contributed by atoms with Crippen molar-refractivity contribution in [1.29, 1.82) is 0 Å². The fourth-order valence-electron chi connectivity index (χ4n) is 4.63. The smallest absolute Gasteiger partial charge is 0.420 e. The molecule has 5 rings (SSSR count). The number of carbonyl (C=O) groups excluding carboxylic acids is 2. The molecule has 0 aliphatic carbocycles. The number of amides is 2. The maximum Gasteiger partial charge on any atom is 0.420 e. The van der Waals surface area contributed by atoms with Gasteiger partial charge in [0.15, 0.2) is 0 Å². The number of fused-ring (bicyclic) bond motifs is 1. The lowest BCUT2D eigenvalue weighted by Crippen LogP contribution is -2.37. The second-order valence-electron chi connectivity index (χ2n) is 9.74. The molecule has 0 spiro atoms. The standard InChI is InChI=1S/C33H28F3N3O4/c34-33(35,36)29-25-10-4-7-13-28(25)43-30(29)32(41)39(19-18-22-8-2-1-3-9-22)20-21-42-24-16-14-23(15-17-24)31(40)38-27-12-6-5-11-26(27)37/h1-17H,18-21,37H2,(H,38,40). The number of hydrogen-bond donors (Lipinski definition) is 2. The van der Waals surface area contributed by atoms with Crippen LogP contribution in [0, 0.1) is 0 Å². The molecule has 7 nitrogen and oxygen atoms in total. The zero-order valence-corrected chi connectivity index (χ0v) is 22.9. The van der Waals surface area contributed by atoms with E-state index in [2.05, 4.69) is 5.32 Å². The minimum absolute atomic E-state index is 0.00443. The summed E-state index contributed by atoms with van der Waals surface area (Å²) in [6.45, 7) is 0.131. The van der Waals surface area contributed by atoms with Crippen molar-refractivity contribution in [3.8, 4) is 5.75 Å². The van der Waals surface area contributed by atoms with Gasteiger partial charge < -0.3 is 25.1 Å². The van der Waals surface area contributed by atoms with E-state index in [0.717, 1.165) is 5.56 Å². The molecule has 220 valence electrons. The third-order valence-corrected chi connectivity index (χ3v) is 6.83. The van der Waals surface area contributed by atoms with Gasteiger partial charge in [-0.25, -0.2) is 0 Å². The second kappa shape index (κ2) is 12.7. The number of nitrogen functional groups attached to an aromatic ring is 1. The summed E-state index contributed by atoms with van der Waals surface area (Å²) in [7, 11) is 0. The molecule has 10 heteroatoms. The lowest BCUT2D eigenvalue weighted by molar-refractivity contribution is -0.137. The van der Waals surface area contributed by atoms with E-state index in [1.54, 1.807) is 54.6 Å². The van der Waals surface area contributed by atoms with Crippen LogP contribution >= 0.6 is 0 Å². The van der Waals surface area contributed by atoms with Gasteiger partial charge in [0.1, 0.15) is 23.5 Å². The first kappa shape index (κ1) is 29.2. The Hall–Kier alpha value is -5.25. The van der Waals surface area contributed by atoms with E-state index in [0.29, 0.717) is 29.1 Å². The number of alkyl halides is 3. The van der Waals surface area contributed by atoms with Gasteiger partial charge in [-0.15, -0.1) is 0 Å². The van der Waals surface area contributed by atoms with Gasteiger partial charge in [0.05, 0.1) is 17.9 Å². The summed E-state index contributed by atoms with van der Waals surface area (Å²) in [6.07, 6.45) is -4.37. The highest BCUT2D eigenvalue weighted by Gasteiger charge is 2.41. The largest absolute Gasteiger partial charge is 0.492 e. The normalized spacial score (nSPS) is 11.3. The SMILES string of the molecule is Nc1ccccc1NC(=O)c1ccc(OCCN(CCc2ccccc2)C(=O)c2oc3ccccc3c2C(F)(F)F)cc1. The number of nitrogens with one attached hydrogen (secondary N) is 1. The topological polar surface area (TPSA) is 97.8 Å². The molecule has 0 saturated carbocycles. The molecule has 1 aromatic heterocycles. The summed E-state index contributed by atoms with van der Waals surface area (Å²) in [5.41, 5.74) is 7.01. The first-order valence-corrected chi connectivity index (χ1v) is 13.5. The van der Waals surface area contributed by atoms with E-state index in [4.69, 9.17) is 14.9 Å². The Labute approximate surface area is 245 Å². The van der Waals surface area contributed by atoms with Crippen molar-refractivity contribution in [2.24, 2.45) is 0 Å². The molecule has 0 unspecified atom stereocenters. The van der Waals surface area contributed by atoms with Crippen molar-refractivity contribution in [2.45, 2.75) is 12.6 Å². The van der Waals surface area contributed by atoms with Crippen molar-refractivity contribution >= 4 is 34.2 Å². The summed E-state index contributed by atoms with van der Waals surface area (Å²) < 4.78 is 53.6. The molecule has 4 aromatic carbocycles. The van der Waals surface area contributed by atoms with E-state index >= 15 is 0 Å². The predicted octanol–water partition coefficient (Wildman–Crippen LogP) is 7.05. The maximum absolute atomic E-state index is 14.1. The molecule has 0 bridgehead atoms. The Morgan fingerprint density at radius 1 is 0.837 bits per heavy atom. The van der Waals surface area contributed by atoms with Gasteiger partial charge in [-0.05, 0) is 54.4 Å². The molecule has 43 heavy (non-hydrogen) atoms. The van der Waals surface area contributed by atoms with Gasteiger partial charge >= 0.3 is 6.18 Å². The number of ether oxygens (including phenoxy) is 1. The van der Waals surface area contributed by atoms with Crippen molar-refractivity contribution in [2.75, 3.05) is 30.7 Å². The first-order chi connectivity index (χ1) is 20.7. The van der Waals surface area contributed by atoms with Crippen LogP contribution in [-0.2, 0) is 12.6 Å². The summed E-state index contributed by atoms with van der Waals surface area (Å²) in [5.74, 6) is -1.56. The zero-order valence-electron chi connectivity index (χ0n) is 22.9. The molecule has 5 aromatic rings. The van der Waals surface area contributed by atoms with Gasteiger partial charge in [-0.1, -0.05) is 60.7 Å². The average Bonchev–Trinajstić information content (AvgIpc) is 3.41. The summed E-state index contributed by atoms with van der Waals surface area (Å²) in [6, 6.07) is 28.3. The molecular weight excluding hydrogens is 559 g/mol. The molecule has 0 atom stereocenters. The number of hydrogen-bond acceptors (Lipinski definition) is 5. The number of para-hydroxylation sites is 3. The van der Waals surface area contributed by atoms with Gasteiger partial charge in [0.25, 0.3) is 11.8 Å². The number of carbonyl (C=O) groups is 2. The molecule has 1 heterocycles. The fourth-order valence-corrected chi connectivity index (χ4v) is 4.63. The summed E-state index contributed by atoms with van der Waals surface area (Å²) in [4.78, 5) is 27.5. The first-order valence-electron chi connectivity index (χ1n) is 13.5. The maximum atomic E-state index is 14.1.